The lowest BCUT2D eigenvalue weighted by Crippen LogP contribution is -2.05. The van der Waals surface area contributed by atoms with Gasteiger partial charge in [0.15, 0.2) is 0 Å². The molecule has 0 aliphatic carbocycles. The minimum atomic E-state index is -1.05. The molecular weight excluding hydrogens is 306 g/mol. The van der Waals surface area contributed by atoms with Crippen molar-refractivity contribution in [3.8, 4) is 11.5 Å². The summed E-state index contributed by atoms with van der Waals surface area (Å²) >= 11 is 0. The third-order valence-electron chi connectivity index (χ3n) is 3.25. The van der Waals surface area contributed by atoms with Crippen LogP contribution in [0, 0.1) is 0 Å². The first-order chi connectivity index (χ1) is 11.7. The van der Waals surface area contributed by atoms with Crippen molar-refractivity contribution < 1.29 is 14.6 Å². The molecule has 0 radical (unpaired) electrons. The summed E-state index contributed by atoms with van der Waals surface area (Å²) in [4.78, 5) is 18.7. The monoisotopic (exact) mass is 321 g/mol. The van der Waals surface area contributed by atoms with Crippen molar-refractivity contribution in [2.45, 2.75) is 6.54 Å². The van der Waals surface area contributed by atoms with Gasteiger partial charge >= 0.3 is 5.97 Å². The van der Waals surface area contributed by atoms with Gasteiger partial charge in [-0.25, -0.2) is 14.8 Å². The molecule has 120 valence electrons. The molecule has 0 aliphatic heterocycles. The second-order valence-corrected chi connectivity index (χ2v) is 5.01. The van der Waals surface area contributed by atoms with Gasteiger partial charge in [0.2, 0.25) is 5.95 Å². The topological polar surface area (TPSA) is 84.3 Å². The number of para-hydroxylation sites is 1. The van der Waals surface area contributed by atoms with Gasteiger partial charge in [-0.05, 0) is 29.8 Å². The number of rotatable bonds is 6. The molecule has 0 saturated heterocycles. The molecule has 6 heteroatoms. The summed E-state index contributed by atoms with van der Waals surface area (Å²) in [7, 11) is 0. The Morgan fingerprint density at radius 3 is 2.21 bits per heavy atom. The SMILES string of the molecule is O=C(O)c1cnc(NCc2ccc(Oc3ccccc3)cc2)nc1. The first-order valence-corrected chi connectivity index (χ1v) is 7.32. The van der Waals surface area contributed by atoms with E-state index in [-0.39, 0.29) is 5.56 Å². The highest BCUT2D eigenvalue weighted by Crippen LogP contribution is 2.21. The maximum atomic E-state index is 10.7. The molecule has 3 aromatic rings. The molecule has 1 aromatic heterocycles. The zero-order valence-corrected chi connectivity index (χ0v) is 12.7. The van der Waals surface area contributed by atoms with Crippen molar-refractivity contribution in [3.63, 3.8) is 0 Å². The van der Waals surface area contributed by atoms with Crippen LogP contribution in [-0.2, 0) is 6.54 Å². The van der Waals surface area contributed by atoms with Crippen LogP contribution in [0.4, 0.5) is 5.95 Å². The van der Waals surface area contributed by atoms with E-state index in [2.05, 4.69) is 15.3 Å². The Balaban J connectivity index is 1.57. The van der Waals surface area contributed by atoms with E-state index >= 15 is 0 Å². The van der Waals surface area contributed by atoms with Crippen LogP contribution < -0.4 is 10.1 Å². The van der Waals surface area contributed by atoms with Gasteiger partial charge in [-0.2, -0.15) is 0 Å². The second-order valence-electron chi connectivity index (χ2n) is 5.01. The normalized spacial score (nSPS) is 10.2. The van der Waals surface area contributed by atoms with E-state index in [0.29, 0.717) is 12.5 Å². The van der Waals surface area contributed by atoms with Crippen molar-refractivity contribution in [2.24, 2.45) is 0 Å². The minimum absolute atomic E-state index is 0.0583. The zero-order chi connectivity index (χ0) is 16.8. The third-order valence-corrected chi connectivity index (χ3v) is 3.25. The van der Waals surface area contributed by atoms with E-state index < -0.39 is 5.97 Å². The molecular formula is C18H15N3O3. The molecule has 2 N–H and O–H groups in total. The maximum Gasteiger partial charge on any atom is 0.338 e. The number of nitrogens with one attached hydrogen (secondary N) is 1. The van der Waals surface area contributed by atoms with Crippen LogP contribution in [0.25, 0.3) is 0 Å². The Labute approximate surface area is 138 Å². The van der Waals surface area contributed by atoms with Crippen molar-refractivity contribution in [1.29, 1.82) is 0 Å². The van der Waals surface area contributed by atoms with Crippen LogP contribution in [0.15, 0.2) is 67.0 Å². The van der Waals surface area contributed by atoms with Gasteiger partial charge in [0.1, 0.15) is 11.5 Å². The Morgan fingerprint density at radius 1 is 0.958 bits per heavy atom. The van der Waals surface area contributed by atoms with E-state index in [4.69, 9.17) is 9.84 Å². The van der Waals surface area contributed by atoms with Gasteiger partial charge in [0.25, 0.3) is 0 Å². The standard InChI is InChI=1S/C18H15N3O3/c22-17(23)14-11-20-18(21-12-14)19-10-13-6-8-16(9-7-13)24-15-4-2-1-3-5-15/h1-9,11-12H,10H2,(H,22,23)(H,19,20,21). The number of anilines is 1. The molecule has 0 spiro atoms. The smallest absolute Gasteiger partial charge is 0.338 e. The zero-order valence-electron chi connectivity index (χ0n) is 12.7. The van der Waals surface area contributed by atoms with Crippen LogP contribution in [-0.4, -0.2) is 21.0 Å². The molecule has 3 rings (SSSR count). The average Bonchev–Trinajstić information content (AvgIpc) is 2.62. The number of carboxylic acid groups (broad SMARTS) is 1. The first-order valence-electron chi connectivity index (χ1n) is 7.32. The van der Waals surface area contributed by atoms with Crippen molar-refractivity contribution in [1.82, 2.24) is 9.97 Å². The summed E-state index contributed by atoms with van der Waals surface area (Å²) in [5.74, 6) is 0.877. The van der Waals surface area contributed by atoms with Crippen molar-refractivity contribution >= 4 is 11.9 Å². The summed E-state index contributed by atoms with van der Waals surface area (Å²) in [6.45, 7) is 0.526. The molecule has 6 nitrogen and oxygen atoms in total. The number of carboxylic acids is 1. The molecule has 24 heavy (non-hydrogen) atoms. The van der Waals surface area contributed by atoms with E-state index in [0.717, 1.165) is 17.1 Å². The summed E-state index contributed by atoms with van der Waals surface area (Å²) in [6, 6.07) is 17.2. The Kier molecular flexibility index (Phi) is 4.67. The van der Waals surface area contributed by atoms with Gasteiger partial charge < -0.3 is 15.2 Å². The molecule has 0 aliphatic rings. The molecule has 0 fully saturated rings. The van der Waals surface area contributed by atoms with Gasteiger partial charge in [-0.1, -0.05) is 30.3 Å². The Hall–Kier alpha value is -3.41. The molecule has 0 unspecified atom stereocenters. The molecule has 1 heterocycles. The number of carbonyl (C=O) groups is 1. The lowest BCUT2D eigenvalue weighted by molar-refractivity contribution is 0.0696. The van der Waals surface area contributed by atoms with Gasteiger partial charge in [-0.15, -0.1) is 0 Å². The molecule has 0 atom stereocenters. The maximum absolute atomic E-state index is 10.7. The lowest BCUT2D eigenvalue weighted by Gasteiger charge is -2.08. The fourth-order valence-electron chi connectivity index (χ4n) is 2.01. The molecule has 0 bridgehead atoms. The minimum Gasteiger partial charge on any atom is -0.478 e. The van der Waals surface area contributed by atoms with Crippen LogP contribution in [0.5, 0.6) is 11.5 Å². The summed E-state index contributed by atoms with van der Waals surface area (Å²) in [6.07, 6.45) is 2.54. The Morgan fingerprint density at radius 2 is 1.58 bits per heavy atom. The lowest BCUT2D eigenvalue weighted by atomic mass is 10.2. The molecule has 2 aromatic carbocycles. The first kappa shape index (κ1) is 15.5. The fraction of sp³-hybridized carbons (Fsp3) is 0.0556. The van der Waals surface area contributed by atoms with Crippen LogP contribution in [0.1, 0.15) is 15.9 Å². The average molecular weight is 321 g/mol. The largest absolute Gasteiger partial charge is 0.478 e. The molecule has 0 amide bonds. The second kappa shape index (κ2) is 7.23. The quantitative estimate of drug-likeness (QED) is 0.722. The fourth-order valence-corrected chi connectivity index (χ4v) is 2.01. The van der Waals surface area contributed by atoms with E-state index in [1.165, 1.54) is 12.4 Å². The van der Waals surface area contributed by atoms with Crippen molar-refractivity contribution in [2.75, 3.05) is 5.32 Å². The highest BCUT2D eigenvalue weighted by Gasteiger charge is 2.04. The highest BCUT2D eigenvalue weighted by molar-refractivity contribution is 5.86. The number of nitrogens with zero attached hydrogens (tertiary/aromatic N) is 2. The van der Waals surface area contributed by atoms with E-state index in [1.54, 1.807) is 0 Å². The van der Waals surface area contributed by atoms with Crippen LogP contribution >= 0.6 is 0 Å². The predicted octanol–water partition coefficient (Wildman–Crippen LogP) is 3.58. The Bertz CT molecular complexity index is 803. The van der Waals surface area contributed by atoms with E-state index in [9.17, 15) is 4.79 Å². The third kappa shape index (κ3) is 4.07. The summed E-state index contributed by atoms with van der Waals surface area (Å²) in [5.41, 5.74) is 1.09. The van der Waals surface area contributed by atoms with Gasteiger partial charge in [0, 0.05) is 18.9 Å². The predicted molar refractivity (Wildman–Crippen MR) is 89.3 cm³/mol. The van der Waals surface area contributed by atoms with E-state index in [1.807, 2.05) is 54.6 Å². The number of ether oxygens (including phenoxy) is 1. The number of hydrogen-bond donors (Lipinski definition) is 2. The summed E-state index contributed by atoms with van der Waals surface area (Å²) < 4.78 is 5.73. The van der Waals surface area contributed by atoms with Gasteiger partial charge in [0.05, 0.1) is 5.56 Å². The van der Waals surface area contributed by atoms with Crippen LogP contribution in [0.3, 0.4) is 0 Å². The molecule has 0 saturated carbocycles. The number of benzene rings is 2. The number of aromatic nitrogens is 2. The van der Waals surface area contributed by atoms with Crippen LogP contribution in [0.2, 0.25) is 0 Å². The number of aromatic carboxylic acids is 1. The number of hydrogen-bond acceptors (Lipinski definition) is 5. The van der Waals surface area contributed by atoms with Crippen molar-refractivity contribution in [3.05, 3.63) is 78.1 Å². The highest BCUT2D eigenvalue weighted by atomic mass is 16.5. The van der Waals surface area contributed by atoms with Gasteiger partial charge in [-0.3, -0.25) is 0 Å². The summed E-state index contributed by atoms with van der Waals surface area (Å²) in [5, 5.41) is 11.8.